The lowest BCUT2D eigenvalue weighted by Crippen LogP contribution is -2.29. The van der Waals surface area contributed by atoms with Crippen LogP contribution >= 0.6 is 0 Å². The number of fused-ring (bicyclic) bond motifs is 1. The third-order valence-corrected chi connectivity index (χ3v) is 7.54. The summed E-state index contributed by atoms with van der Waals surface area (Å²) in [5, 5.41) is 20.7. The van der Waals surface area contributed by atoms with Crippen molar-refractivity contribution in [1.82, 2.24) is 4.90 Å². The number of hydrogen-bond donors (Lipinski definition) is 2. The zero-order valence-electron chi connectivity index (χ0n) is 20.3. The molecule has 1 aliphatic heterocycles. The van der Waals surface area contributed by atoms with Crippen molar-refractivity contribution in [1.29, 1.82) is 0 Å². The molecule has 3 aromatic rings. The summed E-state index contributed by atoms with van der Waals surface area (Å²) in [4.78, 5) is 14.5. The Balaban J connectivity index is 1.47. The number of carbonyl (C=O) groups excluding carboxylic acids is 1. The summed E-state index contributed by atoms with van der Waals surface area (Å²) in [5.41, 5.74) is 7.50. The Kier molecular flexibility index (Phi) is 6.74. The van der Waals surface area contributed by atoms with E-state index < -0.39 is 6.23 Å². The molecule has 35 heavy (non-hydrogen) atoms. The fraction of sp³-hybridized carbons (Fsp3) is 0.323. The van der Waals surface area contributed by atoms with E-state index in [1.165, 1.54) is 48.0 Å². The Morgan fingerprint density at radius 1 is 0.914 bits per heavy atom. The van der Waals surface area contributed by atoms with Gasteiger partial charge in [-0.25, -0.2) is 0 Å². The van der Waals surface area contributed by atoms with Crippen LogP contribution in [0, 0.1) is 12.8 Å². The molecule has 4 heteroatoms. The summed E-state index contributed by atoms with van der Waals surface area (Å²) in [6.07, 6.45) is 5.62. The average molecular weight is 468 g/mol. The normalized spacial score (nSPS) is 18.6. The maximum absolute atomic E-state index is 12.9. The number of benzene rings is 3. The van der Waals surface area contributed by atoms with Gasteiger partial charge in [0.25, 0.3) is 5.91 Å². The molecule has 2 aliphatic rings. The van der Waals surface area contributed by atoms with Crippen molar-refractivity contribution in [2.75, 3.05) is 6.54 Å². The second-order valence-electron chi connectivity index (χ2n) is 9.86. The van der Waals surface area contributed by atoms with Crippen LogP contribution in [0.1, 0.15) is 77.4 Å². The van der Waals surface area contributed by atoms with Gasteiger partial charge >= 0.3 is 0 Å². The highest BCUT2D eigenvalue weighted by molar-refractivity contribution is 5.98. The lowest BCUT2D eigenvalue weighted by Gasteiger charge is -2.25. The minimum atomic E-state index is -0.869. The molecule has 1 fully saturated rings. The van der Waals surface area contributed by atoms with Gasteiger partial charge in [-0.1, -0.05) is 78.6 Å². The van der Waals surface area contributed by atoms with Crippen molar-refractivity contribution in [3.05, 3.63) is 106 Å². The molecule has 2 N–H and O–H groups in total. The molecule has 1 heterocycles. The van der Waals surface area contributed by atoms with Crippen LogP contribution in [0.2, 0.25) is 0 Å². The largest absolute Gasteiger partial charge is 0.508 e. The Morgan fingerprint density at radius 2 is 1.54 bits per heavy atom. The van der Waals surface area contributed by atoms with Crippen LogP contribution in [0.5, 0.6) is 5.75 Å². The molecule has 4 nitrogen and oxygen atoms in total. The van der Waals surface area contributed by atoms with E-state index in [0.717, 1.165) is 18.4 Å². The zero-order valence-corrected chi connectivity index (χ0v) is 20.3. The standard InChI is InChI=1S/C31H33NO3/c1-21-12-14-23(15-13-21)29(24-16-18-25(33)19-17-24)26(22-7-2-3-8-22)11-6-20-32-30(34)27-9-4-5-10-28(27)31(32)35/h4-5,9-10,12-19,22,30,33-34H,2-3,6-8,11,20H2,1H3/b29-26+. The Bertz CT molecular complexity index is 1170. The Labute approximate surface area is 207 Å². The minimum Gasteiger partial charge on any atom is -0.508 e. The van der Waals surface area contributed by atoms with E-state index in [0.29, 0.717) is 23.6 Å². The van der Waals surface area contributed by atoms with E-state index in [4.69, 9.17) is 0 Å². The summed E-state index contributed by atoms with van der Waals surface area (Å²) < 4.78 is 0. The number of amides is 1. The van der Waals surface area contributed by atoms with Crippen LogP contribution < -0.4 is 0 Å². The fourth-order valence-corrected chi connectivity index (χ4v) is 5.71. The highest BCUT2D eigenvalue weighted by Crippen LogP contribution is 2.41. The van der Waals surface area contributed by atoms with Gasteiger partial charge in [-0.2, -0.15) is 0 Å². The number of aliphatic hydroxyl groups is 1. The monoisotopic (exact) mass is 467 g/mol. The number of aromatic hydroxyl groups is 1. The van der Waals surface area contributed by atoms with Crippen molar-refractivity contribution in [2.24, 2.45) is 5.92 Å². The first kappa shape index (κ1) is 23.4. The first-order valence-electron chi connectivity index (χ1n) is 12.7. The van der Waals surface area contributed by atoms with Crippen LogP contribution in [-0.4, -0.2) is 27.6 Å². The number of nitrogens with zero attached hydrogens (tertiary/aromatic N) is 1. The topological polar surface area (TPSA) is 60.8 Å². The van der Waals surface area contributed by atoms with Crippen LogP contribution in [0.3, 0.4) is 0 Å². The van der Waals surface area contributed by atoms with E-state index in [2.05, 4.69) is 31.2 Å². The van der Waals surface area contributed by atoms with Gasteiger partial charge in [0.15, 0.2) is 6.23 Å². The molecule has 1 atom stereocenters. The number of allylic oxidation sites excluding steroid dienone is 1. The molecule has 1 saturated carbocycles. The SMILES string of the molecule is Cc1ccc(/C(=C(/CCCN2C(=O)c3ccccc3C2O)C2CCCC2)c2ccc(O)cc2)cc1. The van der Waals surface area contributed by atoms with Crippen LogP contribution in [0.4, 0.5) is 0 Å². The van der Waals surface area contributed by atoms with E-state index in [-0.39, 0.29) is 11.7 Å². The molecule has 1 amide bonds. The molecule has 0 spiro atoms. The molecule has 5 rings (SSSR count). The van der Waals surface area contributed by atoms with Gasteiger partial charge in [0.2, 0.25) is 0 Å². The molecule has 180 valence electrons. The van der Waals surface area contributed by atoms with Gasteiger partial charge in [0.1, 0.15) is 5.75 Å². The maximum atomic E-state index is 12.9. The molecule has 0 bridgehead atoms. The van der Waals surface area contributed by atoms with Crippen molar-refractivity contribution < 1.29 is 15.0 Å². The number of aryl methyl sites for hydroxylation is 1. The summed E-state index contributed by atoms with van der Waals surface area (Å²) in [6, 6.07) is 23.6. The molecule has 1 aliphatic carbocycles. The van der Waals surface area contributed by atoms with E-state index in [9.17, 15) is 15.0 Å². The lowest BCUT2D eigenvalue weighted by atomic mass is 9.83. The number of carbonyl (C=O) groups is 1. The summed E-state index contributed by atoms with van der Waals surface area (Å²) in [6.45, 7) is 2.61. The fourth-order valence-electron chi connectivity index (χ4n) is 5.71. The second kappa shape index (κ2) is 10.1. The van der Waals surface area contributed by atoms with Gasteiger partial charge in [0, 0.05) is 17.7 Å². The van der Waals surface area contributed by atoms with Gasteiger partial charge in [-0.05, 0) is 73.4 Å². The predicted molar refractivity (Wildman–Crippen MR) is 139 cm³/mol. The van der Waals surface area contributed by atoms with Gasteiger partial charge in [0.05, 0.1) is 0 Å². The zero-order chi connectivity index (χ0) is 24.4. The summed E-state index contributed by atoms with van der Waals surface area (Å²) >= 11 is 0. The average Bonchev–Trinajstić information content (AvgIpc) is 3.49. The predicted octanol–water partition coefficient (Wildman–Crippen LogP) is 6.62. The first-order chi connectivity index (χ1) is 17.0. The molecule has 0 radical (unpaired) electrons. The number of phenolic OH excluding ortho intramolecular Hbond substituents is 1. The Hall–Kier alpha value is -3.37. The first-order valence-corrected chi connectivity index (χ1v) is 12.7. The summed E-state index contributed by atoms with van der Waals surface area (Å²) in [7, 11) is 0. The van der Waals surface area contributed by atoms with Crippen molar-refractivity contribution in [2.45, 2.75) is 51.7 Å². The van der Waals surface area contributed by atoms with Crippen molar-refractivity contribution >= 4 is 11.5 Å². The molecule has 3 aromatic carbocycles. The van der Waals surface area contributed by atoms with Gasteiger partial charge in [-0.3, -0.25) is 4.79 Å². The molecular weight excluding hydrogens is 434 g/mol. The van der Waals surface area contributed by atoms with E-state index >= 15 is 0 Å². The Morgan fingerprint density at radius 3 is 2.20 bits per heavy atom. The highest BCUT2D eigenvalue weighted by atomic mass is 16.3. The van der Waals surface area contributed by atoms with Crippen LogP contribution in [0.25, 0.3) is 5.57 Å². The van der Waals surface area contributed by atoms with Gasteiger partial charge < -0.3 is 15.1 Å². The molecule has 0 saturated heterocycles. The second-order valence-corrected chi connectivity index (χ2v) is 9.86. The van der Waals surface area contributed by atoms with Crippen LogP contribution in [-0.2, 0) is 0 Å². The van der Waals surface area contributed by atoms with Crippen LogP contribution in [0.15, 0.2) is 78.4 Å². The molecular formula is C31H33NO3. The van der Waals surface area contributed by atoms with E-state index in [1.54, 1.807) is 23.1 Å². The lowest BCUT2D eigenvalue weighted by molar-refractivity contribution is 0.0172. The van der Waals surface area contributed by atoms with Crippen molar-refractivity contribution in [3.8, 4) is 5.75 Å². The smallest absolute Gasteiger partial charge is 0.256 e. The quantitative estimate of drug-likeness (QED) is 0.410. The third-order valence-electron chi connectivity index (χ3n) is 7.54. The number of aliphatic hydroxyl groups excluding tert-OH is 1. The number of phenols is 1. The molecule has 1 unspecified atom stereocenters. The maximum Gasteiger partial charge on any atom is 0.256 e. The highest BCUT2D eigenvalue weighted by Gasteiger charge is 2.34. The third kappa shape index (κ3) is 4.76. The minimum absolute atomic E-state index is 0.0863. The van der Waals surface area contributed by atoms with Crippen molar-refractivity contribution in [3.63, 3.8) is 0 Å². The number of rotatable bonds is 7. The summed E-state index contributed by atoms with van der Waals surface area (Å²) in [5.74, 6) is 0.689. The van der Waals surface area contributed by atoms with E-state index in [1.807, 2.05) is 30.3 Å². The van der Waals surface area contributed by atoms with Gasteiger partial charge in [-0.15, -0.1) is 0 Å². The number of hydrogen-bond acceptors (Lipinski definition) is 3. The molecule has 0 aromatic heterocycles.